The molecule has 0 radical (unpaired) electrons. The topological polar surface area (TPSA) is 27.1 Å². The zero-order valence-corrected chi connectivity index (χ0v) is 10.1. The molecule has 0 N–H and O–H groups in total. The normalized spacial score (nSPS) is 10.5. The van der Waals surface area contributed by atoms with E-state index < -0.39 is 0 Å². The summed E-state index contributed by atoms with van der Waals surface area (Å²) < 4.78 is 20.7. The first-order chi connectivity index (χ1) is 8.24. The molecule has 0 saturated carbocycles. The van der Waals surface area contributed by atoms with Crippen LogP contribution in [0.2, 0.25) is 0 Å². The van der Waals surface area contributed by atoms with Gasteiger partial charge in [-0.3, -0.25) is 4.68 Å². The highest BCUT2D eigenvalue weighted by atomic mass is 35.5. The second-order valence-electron chi connectivity index (χ2n) is 3.48. The Morgan fingerprint density at radius 2 is 2.29 bits per heavy atom. The number of benzene rings is 1. The van der Waals surface area contributed by atoms with Crippen molar-refractivity contribution in [2.75, 3.05) is 0 Å². The van der Waals surface area contributed by atoms with Crippen molar-refractivity contribution in [1.29, 1.82) is 0 Å². The molecule has 0 fully saturated rings. The van der Waals surface area contributed by atoms with Gasteiger partial charge in [-0.25, -0.2) is 4.39 Å². The van der Waals surface area contributed by atoms with Gasteiger partial charge >= 0.3 is 0 Å². The van der Waals surface area contributed by atoms with Gasteiger partial charge in [-0.1, -0.05) is 6.07 Å². The third kappa shape index (κ3) is 2.58. The van der Waals surface area contributed by atoms with Crippen LogP contribution in [-0.4, -0.2) is 9.78 Å². The molecule has 0 spiro atoms. The highest BCUT2D eigenvalue weighted by Gasteiger charge is 2.10. The van der Waals surface area contributed by atoms with Crippen LogP contribution in [-0.2, 0) is 12.4 Å². The molecule has 1 aromatic carbocycles. The van der Waals surface area contributed by atoms with E-state index in [2.05, 4.69) is 5.10 Å². The summed E-state index contributed by atoms with van der Waals surface area (Å²) in [6.45, 7) is 2.73. The Morgan fingerprint density at radius 3 is 2.94 bits per heavy atom. The first-order valence-corrected chi connectivity index (χ1v) is 5.81. The zero-order chi connectivity index (χ0) is 12.3. The quantitative estimate of drug-likeness (QED) is 0.780. The van der Waals surface area contributed by atoms with Crippen molar-refractivity contribution < 1.29 is 9.13 Å². The molecule has 0 amide bonds. The lowest BCUT2D eigenvalue weighted by Crippen LogP contribution is -1.93. The zero-order valence-electron chi connectivity index (χ0n) is 9.36. The van der Waals surface area contributed by atoms with Crippen LogP contribution in [0.25, 0.3) is 0 Å². The number of halogens is 2. The van der Waals surface area contributed by atoms with E-state index in [0.717, 1.165) is 6.54 Å². The summed E-state index contributed by atoms with van der Waals surface area (Å²) in [5.41, 5.74) is 0.360. The molecule has 2 rings (SSSR count). The number of hydrogen-bond donors (Lipinski definition) is 0. The third-order valence-corrected chi connectivity index (χ3v) is 2.64. The van der Waals surface area contributed by atoms with Crippen molar-refractivity contribution >= 4 is 11.6 Å². The fourth-order valence-electron chi connectivity index (χ4n) is 1.46. The van der Waals surface area contributed by atoms with Crippen molar-refractivity contribution in [3.05, 3.63) is 42.0 Å². The van der Waals surface area contributed by atoms with Crippen molar-refractivity contribution in [2.24, 2.45) is 0 Å². The van der Waals surface area contributed by atoms with E-state index in [4.69, 9.17) is 16.3 Å². The molecule has 0 aliphatic carbocycles. The minimum absolute atomic E-state index is 0.0733. The summed E-state index contributed by atoms with van der Waals surface area (Å²) in [6.07, 6.45) is 3.34. The molecule has 0 unspecified atom stereocenters. The second-order valence-corrected chi connectivity index (χ2v) is 3.75. The van der Waals surface area contributed by atoms with Crippen LogP contribution in [0.4, 0.5) is 4.39 Å². The van der Waals surface area contributed by atoms with Gasteiger partial charge in [0.05, 0.1) is 18.3 Å². The molecular formula is C12H12ClFN2O. The lowest BCUT2D eigenvalue weighted by Gasteiger charge is -2.08. The van der Waals surface area contributed by atoms with Crippen LogP contribution in [0.5, 0.6) is 11.5 Å². The van der Waals surface area contributed by atoms with Gasteiger partial charge in [-0.05, 0) is 19.1 Å². The Hall–Kier alpha value is -1.55. The average Bonchev–Trinajstić information content (AvgIpc) is 2.77. The fraction of sp³-hybridized carbons (Fsp3) is 0.250. The van der Waals surface area contributed by atoms with Crippen LogP contribution < -0.4 is 4.74 Å². The van der Waals surface area contributed by atoms with E-state index >= 15 is 0 Å². The van der Waals surface area contributed by atoms with Crippen molar-refractivity contribution in [2.45, 2.75) is 19.3 Å². The van der Waals surface area contributed by atoms with Gasteiger partial charge in [-0.2, -0.15) is 5.10 Å². The minimum Gasteiger partial charge on any atom is -0.454 e. The third-order valence-electron chi connectivity index (χ3n) is 2.37. The predicted octanol–water partition coefficient (Wildman–Crippen LogP) is 3.57. The molecule has 1 aromatic heterocycles. The number of aromatic nitrogens is 2. The SMILES string of the molecule is CCn1cc(Oc2cccc(F)c2CCl)cn1. The van der Waals surface area contributed by atoms with Crippen LogP contribution in [0.1, 0.15) is 12.5 Å². The van der Waals surface area contributed by atoms with Crippen LogP contribution in [0, 0.1) is 5.82 Å². The first-order valence-electron chi connectivity index (χ1n) is 5.28. The van der Waals surface area contributed by atoms with E-state index in [1.807, 2.05) is 6.92 Å². The Labute approximate surface area is 104 Å². The van der Waals surface area contributed by atoms with Crippen LogP contribution in [0.3, 0.4) is 0 Å². The van der Waals surface area contributed by atoms with Gasteiger partial charge in [0.1, 0.15) is 11.6 Å². The highest BCUT2D eigenvalue weighted by Crippen LogP contribution is 2.28. The molecule has 2 aromatic rings. The van der Waals surface area contributed by atoms with Gasteiger partial charge in [0.25, 0.3) is 0 Å². The number of aryl methyl sites for hydroxylation is 1. The molecule has 17 heavy (non-hydrogen) atoms. The molecule has 5 heteroatoms. The van der Waals surface area contributed by atoms with E-state index in [1.54, 1.807) is 29.2 Å². The molecule has 1 heterocycles. The van der Waals surface area contributed by atoms with Crippen molar-refractivity contribution in [1.82, 2.24) is 9.78 Å². The molecule has 0 atom stereocenters. The first kappa shape index (κ1) is 11.9. The highest BCUT2D eigenvalue weighted by molar-refractivity contribution is 6.17. The number of hydrogen-bond acceptors (Lipinski definition) is 2. The smallest absolute Gasteiger partial charge is 0.165 e. The van der Waals surface area contributed by atoms with Gasteiger partial charge < -0.3 is 4.74 Å². The van der Waals surface area contributed by atoms with Gasteiger partial charge in [0.15, 0.2) is 5.75 Å². The Bertz CT molecular complexity index is 513. The second kappa shape index (κ2) is 5.19. The summed E-state index contributed by atoms with van der Waals surface area (Å²) in [5, 5.41) is 4.07. The number of rotatable bonds is 4. The van der Waals surface area contributed by atoms with Gasteiger partial charge in [0, 0.05) is 12.1 Å². The summed E-state index contributed by atoms with van der Waals surface area (Å²) >= 11 is 5.70. The molecule has 90 valence electrons. The van der Waals surface area contributed by atoms with Crippen LogP contribution >= 0.6 is 11.6 Å². The van der Waals surface area contributed by atoms with Gasteiger partial charge in [0.2, 0.25) is 0 Å². The maximum absolute atomic E-state index is 13.4. The summed E-state index contributed by atoms with van der Waals surface area (Å²) in [7, 11) is 0. The maximum Gasteiger partial charge on any atom is 0.165 e. The van der Waals surface area contributed by atoms with E-state index in [0.29, 0.717) is 17.1 Å². The number of alkyl halides is 1. The minimum atomic E-state index is -0.361. The van der Waals surface area contributed by atoms with Crippen molar-refractivity contribution in [3.63, 3.8) is 0 Å². The van der Waals surface area contributed by atoms with Crippen LogP contribution in [0.15, 0.2) is 30.6 Å². The summed E-state index contributed by atoms with van der Waals surface area (Å²) in [4.78, 5) is 0. The largest absolute Gasteiger partial charge is 0.454 e. The summed E-state index contributed by atoms with van der Waals surface area (Å²) in [5.74, 6) is 0.712. The van der Waals surface area contributed by atoms with Crippen molar-refractivity contribution in [3.8, 4) is 11.5 Å². The molecule has 0 aliphatic heterocycles. The molecular weight excluding hydrogens is 243 g/mol. The van der Waals surface area contributed by atoms with E-state index in [-0.39, 0.29) is 11.7 Å². The molecule has 3 nitrogen and oxygen atoms in total. The Kier molecular flexibility index (Phi) is 3.64. The van der Waals surface area contributed by atoms with Gasteiger partial charge in [-0.15, -0.1) is 11.6 Å². The average molecular weight is 255 g/mol. The maximum atomic E-state index is 13.4. The monoisotopic (exact) mass is 254 g/mol. The Morgan fingerprint density at radius 1 is 1.47 bits per heavy atom. The predicted molar refractivity (Wildman–Crippen MR) is 63.9 cm³/mol. The molecule has 0 saturated heterocycles. The lowest BCUT2D eigenvalue weighted by molar-refractivity contribution is 0.469. The number of nitrogens with zero attached hydrogens (tertiary/aromatic N) is 2. The molecule has 0 aliphatic rings. The van der Waals surface area contributed by atoms with E-state index in [9.17, 15) is 4.39 Å². The summed E-state index contributed by atoms with van der Waals surface area (Å²) in [6, 6.07) is 4.63. The molecule has 0 bridgehead atoms. The Balaban J connectivity index is 2.26. The standard InChI is InChI=1S/C12H12ClFN2O/c1-2-16-8-9(7-15-16)17-12-5-3-4-11(14)10(12)6-13/h3-5,7-8H,2,6H2,1H3. The number of ether oxygens (including phenoxy) is 1. The lowest BCUT2D eigenvalue weighted by atomic mass is 10.2. The van der Waals surface area contributed by atoms with E-state index in [1.165, 1.54) is 6.07 Å². The fourth-order valence-corrected chi connectivity index (χ4v) is 1.72.